The van der Waals surface area contributed by atoms with Crippen molar-refractivity contribution in [2.75, 3.05) is 28.4 Å². The molecule has 11 heteroatoms. The molecule has 10 nitrogen and oxygen atoms in total. The van der Waals surface area contributed by atoms with E-state index in [2.05, 4.69) is 0 Å². The zero-order valence-corrected chi connectivity index (χ0v) is 20.9. The normalized spacial score (nSPS) is 11.3. The summed E-state index contributed by atoms with van der Waals surface area (Å²) in [4.78, 5) is 10.2. The van der Waals surface area contributed by atoms with Crippen LogP contribution in [0.2, 0.25) is 0 Å². The fourth-order valence-electron chi connectivity index (χ4n) is 3.60. The van der Waals surface area contributed by atoms with Crippen LogP contribution in [-0.2, 0) is 15.6 Å². The molecule has 0 atom stereocenters. The fraction of sp³-hybridized carbons (Fsp3) is 0.200. The Bertz CT molecular complexity index is 1370. The molecule has 0 saturated carbocycles. The second-order valence-electron chi connectivity index (χ2n) is 7.49. The number of nitrogens with zero attached hydrogens (tertiary/aromatic N) is 1. The SMILES string of the molecule is COc1cc(/C=C\c2ccc(O)c(OC)c2CS(=O)(=O)c2ccc([N+](=O)[O-])cc2)cc(OC)c1OC. The lowest BCUT2D eigenvalue weighted by Crippen LogP contribution is -2.08. The van der Waals surface area contributed by atoms with Crippen LogP contribution in [0.4, 0.5) is 5.69 Å². The lowest BCUT2D eigenvalue weighted by atomic mass is 10.0. The lowest BCUT2D eigenvalue weighted by Gasteiger charge is -2.15. The highest BCUT2D eigenvalue weighted by Crippen LogP contribution is 2.39. The molecule has 0 bridgehead atoms. The van der Waals surface area contributed by atoms with Crippen LogP contribution in [-0.4, -0.2) is 46.9 Å². The predicted octanol–water partition coefficient (Wildman–Crippen LogP) is 4.48. The van der Waals surface area contributed by atoms with E-state index < -0.39 is 20.5 Å². The van der Waals surface area contributed by atoms with Crippen molar-refractivity contribution in [3.63, 3.8) is 0 Å². The predicted molar refractivity (Wildman–Crippen MR) is 134 cm³/mol. The van der Waals surface area contributed by atoms with Crippen LogP contribution in [0.5, 0.6) is 28.7 Å². The number of hydrogen-bond acceptors (Lipinski definition) is 9. The van der Waals surface area contributed by atoms with E-state index in [9.17, 15) is 23.6 Å². The van der Waals surface area contributed by atoms with E-state index in [-0.39, 0.29) is 27.6 Å². The number of hydrogen-bond donors (Lipinski definition) is 1. The highest BCUT2D eigenvalue weighted by molar-refractivity contribution is 7.90. The first-order valence-corrected chi connectivity index (χ1v) is 12.1. The Morgan fingerprint density at radius 3 is 1.94 bits per heavy atom. The van der Waals surface area contributed by atoms with Crippen LogP contribution in [0, 0.1) is 10.1 Å². The number of methoxy groups -OCH3 is 4. The van der Waals surface area contributed by atoms with Gasteiger partial charge in [0, 0.05) is 17.7 Å². The molecule has 0 aliphatic carbocycles. The molecule has 3 aromatic rings. The Balaban J connectivity index is 2.05. The van der Waals surface area contributed by atoms with Crippen LogP contribution in [0.1, 0.15) is 16.7 Å². The molecular formula is C25H25NO9S. The molecule has 0 unspecified atom stereocenters. The van der Waals surface area contributed by atoms with Gasteiger partial charge in [-0.2, -0.15) is 0 Å². The summed E-state index contributed by atoms with van der Waals surface area (Å²) >= 11 is 0. The van der Waals surface area contributed by atoms with Crippen LogP contribution in [0.15, 0.2) is 53.4 Å². The maximum Gasteiger partial charge on any atom is 0.269 e. The standard InChI is InChI=1S/C25H25NO9S/c1-32-22-13-16(14-23(33-2)25(22)35-4)5-6-17-7-12-21(27)24(34-3)20(17)15-36(30,31)19-10-8-18(9-11-19)26(28)29/h5-14,27H,15H2,1-4H3/b6-5-. The molecule has 0 spiro atoms. The Kier molecular flexibility index (Phi) is 8.05. The molecule has 36 heavy (non-hydrogen) atoms. The maximum absolute atomic E-state index is 13.1. The van der Waals surface area contributed by atoms with Gasteiger partial charge < -0.3 is 24.1 Å². The zero-order valence-electron chi connectivity index (χ0n) is 20.0. The van der Waals surface area contributed by atoms with Gasteiger partial charge >= 0.3 is 0 Å². The molecule has 0 fully saturated rings. The van der Waals surface area contributed by atoms with Crippen molar-refractivity contribution in [1.29, 1.82) is 0 Å². The number of phenols is 1. The minimum absolute atomic E-state index is 0.00697. The number of benzene rings is 3. The number of sulfone groups is 1. The van der Waals surface area contributed by atoms with Gasteiger partial charge in [-0.25, -0.2) is 8.42 Å². The molecule has 3 aromatic carbocycles. The van der Waals surface area contributed by atoms with E-state index in [1.807, 2.05) is 0 Å². The van der Waals surface area contributed by atoms with Crippen LogP contribution in [0.25, 0.3) is 12.2 Å². The molecule has 190 valence electrons. The molecule has 3 rings (SSSR count). The van der Waals surface area contributed by atoms with Crippen molar-refractivity contribution in [2.45, 2.75) is 10.6 Å². The molecular weight excluding hydrogens is 490 g/mol. The number of nitro groups is 1. The molecule has 0 aliphatic heterocycles. The number of non-ortho nitro benzene ring substituents is 1. The average Bonchev–Trinajstić information content (AvgIpc) is 2.87. The van der Waals surface area contributed by atoms with Gasteiger partial charge in [0.2, 0.25) is 5.75 Å². The van der Waals surface area contributed by atoms with Gasteiger partial charge in [0.05, 0.1) is 44.0 Å². The van der Waals surface area contributed by atoms with Gasteiger partial charge in [0.15, 0.2) is 32.8 Å². The topological polar surface area (TPSA) is 134 Å². The van der Waals surface area contributed by atoms with Crippen molar-refractivity contribution < 1.29 is 37.4 Å². The molecule has 0 heterocycles. The van der Waals surface area contributed by atoms with Crippen LogP contribution < -0.4 is 18.9 Å². The third-order valence-electron chi connectivity index (χ3n) is 5.36. The van der Waals surface area contributed by atoms with Gasteiger partial charge in [0.25, 0.3) is 5.69 Å². The lowest BCUT2D eigenvalue weighted by molar-refractivity contribution is -0.384. The number of nitro benzene ring substituents is 1. The van der Waals surface area contributed by atoms with E-state index in [0.717, 1.165) is 12.1 Å². The van der Waals surface area contributed by atoms with Gasteiger partial charge in [-0.1, -0.05) is 18.2 Å². The Hall–Kier alpha value is -4.25. The molecule has 1 N–H and O–H groups in total. The van der Waals surface area contributed by atoms with E-state index in [0.29, 0.717) is 28.4 Å². The largest absolute Gasteiger partial charge is 0.504 e. The summed E-state index contributed by atoms with van der Waals surface area (Å²) in [5, 5.41) is 21.2. The Morgan fingerprint density at radius 2 is 1.44 bits per heavy atom. The van der Waals surface area contributed by atoms with Crippen LogP contribution in [0.3, 0.4) is 0 Å². The summed E-state index contributed by atoms with van der Waals surface area (Å²) in [6, 6.07) is 11.0. The second-order valence-corrected chi connectivity index (χ2v) is 9.48. The molecule has 0 radical (unpaired) electrons. The Labute approximate surface area is 208 Å². The molecule has 0 aliphatic rings. The van der Waals surface area contributed by atoms with Crippen molar-refractivity contribution in [3.05, 3.63) is 75.3 Å². The monoisotopic (exact) mass is 515 g/mol. The first kappa shape index (κ1) is 26.4. The minimum Gasteiger partial charge on any atom is -0.504 e. The fourth-order valence-corrected chi connectivity index (χ4v) is 4.99. The number of ether oxygens (including phenoxy) is 4. The molecule has 0 amide bonds. The minimum atomic E-state index is -3.95. The number of phenolic OH excluding ortho intramolecular Hbond substituents is 1. The summed E-state index contributed by atoms with van der Waals surface area (Å²) < 4.78 is 47.7. The summed E-state index contributed by atoms with van der Waals surface area (Å²) in [5.74, 6) is 0.584. The van der Waals surface area contributed by atoms with Gasteiger partial charge in [-0.15, -0.1) is 0 Å². The number of rotatable bonds is 10. The second kappa shape index (κ2) is 11.0. The van der Waals surface area contributed by atoms with Crippen molar-refractivity contribution >= 4 is 27.7 Å². The quantitative estimate of drug-likeness (QED) is 0.236. The first-order valence-electron chi connectivity index (χ1n) is 10.5. The van der Waals surface area contributed by atoms with E-state index in [4.69, 9.17) is 18.9 Å². The van der Waals surface area contributed by atoms with Gasteiger partial charge in [-0.05, 0) is 41.5 Å². The zero-order chi connectivity index (χ0) is 26.5. The van der Waals surface area contributed by atoms with Crippen LogP contribution >= 0.6 is 0 Å². The van der Waals surface area contributed by atoms with Gasteiger partial charge in [-0.3, -0.25) is 10.1 Å². The number of aromatic hydroxyl groups is 1. The third-order valence-corrected chi connectivity index (χ3v) is 7.02. The highest BCUT2D eigenvalue weighted by atomic mass is 32.2. The Morgan fingerprint density at radius 1 is 0.861 bits per heavy atom. The molecule has 0 aromatic heterocycles. The van der Waals surface area contributed by atoms with Crippen molar-refractivity contribution in [1.82, 2.24) is 0 Å². The highest BCUT2D eigenvalue weighted by Gasteiger charge is 2.23. The summed E-state index contributed by atoms with van der Waals surface area (Å²) in [6.07, 6.45) is 3.39. The van der Waals surface area contributed by atoms with E-state index >= 15 is 0 Å². The summed E-state index contributed by atoms with van der Waals surface area (Å²) in [6.45, 7) is 0. The average molecular weight is 516 g/mol. The van der Waals surface area contributed by atoms with E-state index in [1.54, 1.807) is 30.4 Å². The first-order chi connectivity index (χ1) is 17.1. The smallest absolute Gasteiger partial charge is 0.269 e. The third kappa shape index (κ3) is 5.52. The van der Waals surface area contributed by atoms with E-state index in [1.165, 1.54) is 46.6 Å². The maximum atomic E-state index is 13.1. The summed E-state index contributed by atoms with van der Waals surface area (Å²) in [7, 11) is 1.87. The van der Waals surface area contributed by atoms with Gasteiger partial charge in [0.1, 0.15) is 0 Å². The van der Waals surface area contributed by atoms with Crippen molar-refractivity contribution in [3.8, 4) is 28.7 Å². The summed E-state index contributed by atoms with van der Waals surface area (Å²) in [5.41, 5.74) is 1.15. The molecule has 0 saturated heterocycles. The van der Waals surface area contributed by atoms with Crippen molar-refractivity contribution in [2.24, 2.45) is 0 Å².